The van der Waals surface area contributed by atoms with Crippen LogP contribution >= 0.6 is 47.2 Å². The molecule has 2 rings (SSSR count). The summed E-state index contributed by atoms with van der Waals surface area (Å²) in [5, 5.41) is 1.37. The Bertz CT molecular complexity index is 563. The number of ether oxygens (including phenoxy) is 1. The van der Waals surface area contributed by atoms with E-state index in [9.17, 15) is 0 Å². The molecule has 24 heavy (non-hydrogen) atoms. The number of guanidine groups is 1. The maximum absolute atomic E-state index is 6.50. The average molecular weight is 486 g/mol. The fourth-order valence-electron chi connectivity index (χ4n) is 3.10. The van der Waals surface area contributed by atoms with E-state index in [-0.39, 0.29) is 29.4 Å². The highest BCUT2D eigenvalue weighted by Gasteiger charge is 2.36. The highest BCUT2D eigenvalue weighted by atomic mass is 127. The van der Waals surface area contributed by atoms with Crippen LogP contribution in [0, 0.1) is 0 Å². The van der Waals surface area contributed by atoms with Gasteiger partial charge in [0, 0.05) is 56.9 Å². The Morgan fingerprint density at radius 1 is 1.12 bits per heavy atom. The first-order valence-corrected chi connectivity index (χ1v) is 8.54. The van der Waals surface area contributed by atoms with Gasteiger partial charge in [0.2, 0.25) is 0 Å². The number of rotatable bonds is 3. The predicted octanol–water partition coefficient (Wildman–Crippen LogP) is 4.14. The van der Waals surface area contributed by atoms with Gasteiger partial charge < -0.3 is 14.5 Å². The second kappa shape index (κ2) is 9.46. The molecule has 0 radical (unpaired) electrons. The lowest BCUT2D eigenvalue weighted by Gasteiger charge is -2.37. The number of halogens is 3. The summed E-state index contributed by atoms with van der Waals surface area (Å²) in [6.07, 6.45) is 1.82. The van der Waals surface area contributed by atoms with Crippen molar-refractivity contribution in [2.45, 2.75) is 18.3 Å². The number of benzene rings is 1. The van der Waals surface area contributed by atoms with Crippen LogP contribution in [0.4, 0.5) is 0 Å². The summed E-state index contributed by atoms with van der Waals surface area (Å²) in [4.78, 5) is 8.93. The molecule has 0 atom stereocenters. The van der Waals surface area contributed by atoms with Crippen LogP contribution < -0.4 is 0 Å². The van der Waals surface area contributed by atoms with Crippen molar-refractivity contribution in [1.29, 1.82) is 0 Å². The van der Waals surface area contributed by atoms with Gasteiger partial charge in [-0.1, -0.05) is 29.3 Å². The van der Waals surface area contributed by atoms with Crippen molar-refractivity contribution in [3.63, 3.8) is 0 Å². The number of hydrogen-bond donors (Lipinski definition) is 0. The zero-order chi connectivity index (χ0) is 17.0. The lowest BCUT2D eigenvalue weighted by Crippen LogP contribution is -2.40. The van der Waals surface area contributed by atoms with Gasteiger partial charge in [0.05, 0.1) is 6.54 Å². The van der Waals surface area contributed by atoms with Crippen molar-refractivity contribution in [2.24, 2.45) is 4.99 Å². The minimum atomic E-state index is -0.100. The molecule has 0 bridgehead atoms. The third kappa shape index (κ3) is 5.13. The zero-order valence-corrected chi connectivity index (χ0v) is 18.5. The van der Waals surface area contributed by atoms with E-state index in [1.807, 2.05) is 56.2 Å². The highest BCUT2D eigenvalue weighted by Crippen LogP contribution is 2.40. The van der Waals surface area contributed by atoms with Crippen molar-refractivity contribution >= 4 is 53.1 Å². The van der Waals surface area contributed by atoms with Gasteiger partial charge >= 0.3 is 0 Å². The lowest BCUT2D eigenvalue weighted by molar-refractivity contribution is 0.0530. The summed E-state index contributed by atoms with van der Waals surface area (Å²) in [6.45, 7) is 2.14. The Balaban J connectivity index is 0.00000288. The summed E-state index contributed by atoms with van der Waals surface area (Å²) in [5.74, 6) is 0.945. The molecule has 4 nitrogen and oxygen atoms in total. The van der Waals surface area contributed by atoms with E-state index >= 15 is 0 Å². The smallest absolute Gasteiger partial charge is 0.195 e. The molecule has 0 aromatic heterocycles. The van der Waals surface area contributed by atoms with Gasteiger partial charge in [0.25, 0.3) is 0 Å². The van der Waals surface area contributed by atoms with Gasteiger partial charge in [-0.3, -0.25) is 4.99 Å². The molecule has 0 aliphatic carbocycles. The molecular formula is C17H26Cl2IN3O. The van der Waals surface area contributed by atoms with Crippen molar-refractivity contribution < 1.29 is 4.74 Å². The van der Waals surface area contributed by atoms with E-state index in [2.05, 4.69) is 0 Å². The summed E-state index contributed by atoms with van der Waals surface area (Å²) >= 11 is 12.6. The second-order valence-corrected chi connectivity index (χ2v) is 7.27. The van der Waals surface area contributed by atoms with Crippen LogP contribution in [0.25, 0.3) is 0 Å². The molecule has 0 unspecified atom stereocenters. The zero-order valence-electron chi connectivity index (χ0n) is 14.7. The molecule has 1 fully saturated rings. The minimum Gasteiger partial charge on any atom is -0.381 e. The molecule has 1 heterocycles. The van der Waals surface area contributed by atoms with Crippen LogP contribution in [0.5, 0.6) is 0 Å². The Morgan fingerprint density at radius 3 is 2.21 bits per heavy atom. The van der Waals surface area contributed by atoms with Gasteiger partial charge in [-0.05, 0) is 30.5 Å². The predicted molar refractivity (Wildman–Crippen MR) is 113 cm³/mol. The molecule has 0 N–H and O–H groups in total. The Kier molecular flexibility index (Phi) is 8.59. The summed E-state index contributed by atoms with van der Waals surface area (Å²) in [7, 11) is 8.02. The fourth-order valence-corrected chi connectivity index (χ4v) is 3.71. The van der Waals surface area contributed by atoms with Crippen molar-refractivity contribution in [3.05, 3.63) is 33.8 Å². The van der Waals surface area contributed by atoms with E-state index < -0.39 is 0 Å². The lowest BCUT2D eigenvalue weighted by atomic mass is 9.74. The average Bonchev–Trinajstić information content (AvgIpc) is 2.47. The number of nitrogens with zero attached hydrogens (tertiary/aromatic N) is 3. The van der Waals surface area contributed by atoms with Crippen molar-refractivity contribution in [3.8, 4) is 0 Å². The molecular weight excluding hydrogens is 460 g/mol. The topological polar surface area (TPSA) is 28.1 Å². The third-order valence-corrected chi connectivity index (χ3v) is 4.82. The van der Waals surface area contributed by atoms with Crippen LogP contribution in [-0.4, -0.2) is 63.7 Å². The van der Waals surface area contributed by atoms with Gasteiger partial charge in [-0.15, -0.1) is 24.0 Å². The van der Waals surface area contributed by atoms with E-state index in [1.165, 1.54) is 0 Å². The van der Waals surface area contributed by atoms with Gasteiger partial charge in [0.15, 0.2) is 5.96 Å². The van der Waals surface area contributed by atoms with E-state index in [0.29, 0.717) is 16.6 Å². The van der Waals surface area contributed by atoms with Crippen LogP contribution in [0.1, 0.15) is 18.4 Å². The number of aliphatic imine (C=N–C) groups is 1. The third-order valence-electron chi connectivity index (χ3n) is 4.28. The quantitative estimate of drug-likeness (QED) is 0.366. The number of hydrogen-bond acceptors (Lipinski definition) is 2. The van der Waals surface area contributed by atoms with Crippen molar-refractivity contribution in [1.82, 2.24) is 9.80 Å². The first-order valence-electron chi connectivity index (χ1n) is 7.78. The molecule has 7 heteroatoms. The molecule has 1 saturated heterocycles. The Labute approximate surface area is 172 Å². The second-order valence-electron chi connectivity index (χ2n) is 6.42. The molecule has 0 saturated carbocycles. The minimum absolute atomic E-state index is 0. The maximum Gasteiger partial charge on any atom is 0.195 e. The summed E-state index contributed by atoms with van der Waals surface area (Å²) in [6, 6.07) is 5.76. The first-order chi connectivity index (χ1) is 10.9. The van der Waals surface area contributed by atoms with Crippen LogP contribution in [-0.2, 0) is 10.2 Å². The van der Waals surface area contributed by atoms with E-state index in [1.54, 1.807) is 0 Å². The van der Waals surface area contributed by atoms with Crippen LogP contribution in [0.2, 0.25) is 10.0 Å². The normalized spacial score (nSPS) is 16.1. The molecule has 136 valence electrons. The summed E-state index contributed by atoms with van der Waals surface area (Å²) < 4.78 is 5.57. The molecule has 0 spiro atoms. The molecule has 1 aromatic rings. The Hall–Kier alpha value is -0.240. The summed E-state index contributed by atoms with van der Waals surface area (Å²) in [5.41, 5.74) is 1.02. The highest BCUT2D eigenvalue weighted by molar-refractivity contribution is 14.0. The maximum atomic E-state index is 6.50. The van der Waals surface area contributed by atoms with Gasteiger partial charge in [-0.25, -0.2) is 0 Å². The monoisotopic (exact) mass is 485 g/mol. The molecule has 1 aromatic carbocycles. The van der Waals surface area contributed by atoms with Gasteiger partial charge in [-0.2, -0.15) is 0 Å². The SMILES string of the molecule is CN(C)C(=NCC1(c2ccc(Cl)cc2Cl)CCOCC1)N(C)C.I. The van der Waals surface area contributed by atoms with Crippen molar-refractivity contribution in [2.75, 3.05) is 47.9 Å². The largest absolute Gasteiger partial charge is 0.381 e. The molecule has 1 aliphatic heterocycles. The van der Waals surface area contributed by atoms with Crippen LogP contribution in [0.15, 0.2) is 23.2 Å². The Morgan fingerprint density at radius 2 is 1.71 bits per heavy atom. The van der Waals surface area contributed by atoms with E-state index in [0.717, 1.165) is 37.6 Å². The standard InChI is InChI=1S/C17H25Cl2N3O.HI/c1-21(2)16(22(3)4)20-12-17(7-9-23-10-8-17)14-6-5-13(18)11-15(14)19;/h5-6,11H,7-10,12H2,1-4H3;1H. The fraction of sp³-hybridized carbons (Fsp3) is 0.588. The molecule has 0 amide bonds. The van der Waals surface area contributed by atoms with E-state index in [4.69, 9.17) is 32.9 Å². The first kappa shape index (κ1) is 21.8. The van der Waals surface area contributed by atoms with Crippen LogP contribution in [0.3, 0.4) is 0 Å². The molecule has 1 aliphatic rings. The van der Waals surface area contributed by atoms with Gasteiger partial charge in [0.1, 0.15) is 0 Å².